The van der Waals surface area contributed by atoms with Crippen LogP contribution in [0.5, 0.6) is 0 Å². The van der Waals surface area contributed by atoms with Gasteiger partial charge in [-0.1, -0.05) is 54.7 Å². The van der Waals surface area contributed by atoms with Gasteiger partial charge in [-0.05, 0) is 68.7 Å². The van der Waals surface area contributed by atoms with Gasteiger partial charge < -0.3 is 9.26 Å². The predicted octanol–water partition coefficient (Wildman–Crippen LogP) is 9.66. The van der Waals surface area contributed by atoms with E-state index in [1.807, 2.05) is 24.3 Å². The molecule has 208 valence electrons. The van der Waals surface area contributed by atoms with Gasteiger partial charge in [-0.25, -0.2) is 9.37 Å². The van der Waals surface area contributed by atoms with Crippen molar-refractivity contribution < 1.29 is 13.7 Å². The Balaban J connectivity index is 1.27. The Bertz CT molecular complexity index is 1600. The van der Waals surface area contributed by atoms with Gasteiger partial charge >= 0.3 is 0 Å². The first-order valence-electron chi connectivity index (χ1n) is 13.8. The summed E-state index contributed by atoms with van der Waals surface area (Å²) < 4.78 is 28.0. The van der Waals surface area contributed by atoms with E-state index in [1.54, 1.807) is 6.07 Å². The molecule has 2 heterocycles. The molecule has 2 aromatic carbocycles. The molecule has 0 spiro atoms. The van der Waals surface area contributed by atoms with Crippen LogP contribution in [0.4, 0.5) is 4.39 Å². The second-order valence-electron chi connectivity index (χ2n) is 11.5. The van der Waals surface area contributed by atoms with E-state index in [2.05, 4.69) is 25.9 Å². The Morgan fingerprint density at radius 2 is 1.98 bits per heavy atom. The highest BCUT2D eigenvalue weighted by Gasteiger charge is 2.44. The van der Waals surface area contributed by atoms with Crippen molar-refractivity contribution in [2.24, 2.45) is 11.8 Å². The standard InChI is InChI=1S/C31H30Cl2FN3O2S/c1-4-18-13-31(3,12-16(2)25(18)30-36-28-23(34)10-17(14-35)11-24(28)40-30)38-15-20-27(37-39-29(20)19-8-9-19)26-21(32)6-5-7-22(26)33/h5-7,10-11,16,18-19,25H,4,8-9,12-13,15H2,1-3H3. The minimum atomic E-state index is -0.434. The molecular weight excluding hydrogens is 568 g/mol. The number of fused-ring (bicyclic) bond motifs is 1. The maximum Gasteiger partial charge on any atom is 0.151 e. The highest BCUT2D eigenvalue weighted by molar-refractivity contribution is 7.18. The Hall–Kier alpha value is -2.50. The number of benzene rings is 2. The maximum atomic E-state index is 14.7. The van der Waals surface area contributed by atoms with Crippen molar-refractivity contribution in [3.8, 4) is 17.3 Å². The number of nitriles is 1. The summed E-state index contributed by atoms with van der Waals surface area (Å²) in [6.45, 7) is 6.98. The fraction of sp³-hybridized carbons (Fsp3) is 0.452. The summed E-state index contributed by atoms with van der Waals surface area (Å²) in [5.74, 6) is 1.57. The minimum Gasteiger partial charge on any atom is -0.370 e. The fourth-order valence-electron chi connectivity index (χ4n) is 6.51. The van der Waals surface area contributed by atoms with Crippen LogP contribution >= 0.6 is 34.5 Å². The van der Waals surface area contributed by atoms with E-state index in [4.69, 9.17) is 37.4 Å². The van der Waals surface area contributed by atoms with Crippen LogP contribution in [-0.4, -0.2) is 15.7 Å². The molecule has 2 aliphatic rings. The molecular formula is C31H30Cl2FN3O2S. The quantitative estimate of drug-likeness (QED) is 0.212. The van der Waals surface area contributed by atoms with Crippen LogP contribution in [-0.2, 0) is 11.3 Å². The van der Waals surface area contributed by atoms with Crippen molar-refractivity contribution in [3.05, 3.63) is 68.1 Å². The van der Waals surface area contributed by atoms with Crippen molar-refractivity contribution in [3.63, 3.8) is 0 Å². The fourth-order valence-corrected chi connectivity index (χ4v) is 8.43. The molecule has 2 aromatic heterocycles. The van der Waals surface area contributed by atoms with Crippen LogP contribution < -0.4 is 0 Å². The van der Waals surface area contributed by atoms with Gasteiger partial charge in [0.15, 0.2) is 5.82 Å². The van der Waals surface area contributed by atoms with Gasteiger partial charge in [0.25, 0.3) is 0 Å². The van der Waals surface area contributed by atoms with Crippen LogP contribution in [0.3, 0.4) is 0 Å². The first-order valence-corrected chi connectivity index (χ1v) is 15.4. The van der Waals surface area contributed by atoms with Gasteiger partial charge in [0.2, 0.25) is 0 Å². The lowest BCUT2D eigenvalue weighted by Crippen LogP contribution is -2.42. The number of aromatic nitrogens is 2. The molecule has 2 fully saturated rings. The third-order valence-corrected chi connectivity index (χ3v) is 10.2. The zero-order valence-electron chi connectivity index (χ0n) is 22.6. The summed E-state index contributed by atoms with van der Waals surface area (Å²) in [6, 6.07) is 10.5. The second kappa shape index (κ2) is 10.7. The SMILES string of the molecule is CCC1CC(C)(OCc2c(-c3c(Cl)cccc3Cl)noc2C2CC2)CC(C)C1c1nc2c(F)cc(C#N)cc2s1. The average molecular weight is 599 g/mol. The van der Waals surface area contributed by atoms with Crippen molar-refractivity contribution in [2.45, 2.75) is 76.9 Å². The van der Waals surface area contributed by atoms with Crippen LogP contribution in [0.2, 0.25) is 10.0 Å². The lowest BCUT2D eigenvalue weighted by Gasteiger charge is -2.45. The maximum absolute atomic E-state index is 14.7. The summed E-state index contributed by atoms with van der Waals surface area (Å²) in [7, 11) is 0. The first-order chi connectivity index (χ1) is 19.2. The Morgan fingerprint density at radius 1 is 1.23 bits per heavy atom. The highest BCUT2D eigenvalue weighted by atomic mass is 35.5. The number of thiazole rings is 1. The van der Waals surface area contributed by atoms with E-state index < -0.39 is 5.82 Å². The molecule has 4 aromatic rings. The average Bonchev–Trinajstić information content (AvgIpc) is 3.54. The number of nitrogens with zero attached hydrogens (tertiary/aromatic N) is 3. The van der Waals surface area contributed by atoms with E-state index in [0.29, 0.717) is 50.8 Å². The van der Waals surface area contributed by atoms with E-state index in [0.717, 1.165) is 53.1 Å². The molecule has 2 saturated carbocycles. The minimum absolute atomic E-state index is 0.194. The third kappa shape index (κ3) is 5.05. The highest BCUT2D eigenvalue weighted by Crippen LogP contribution is 2.51. The molecule has 0 aliphatic heterocycles. The van der Waals surface area contributed by atoms with Crippen LogP contribution in [0, 0.1) is 29.0 Å². The number of rotatable bonds is 7. The molecule has 0 bridgehead atoms. The van der Waals surface area contributed by atoms with Gasteiger partial charge in [-0.2, -0.15) is 5.26 Å². The summed E-state index contributed by atoms with van der Waals surface area (Å²) in [4.78, 5) is 4.74. The molecule has 5 nitrogen and oxygen atoms in total. The van der Waals surface area contributed by atoms with Gasteiger partial charge in [0, 0.05) is 23.0 Å². The lowest BCUT2D eigenvalue weighted by molar-refractivity contribution is -0.0979. The third-order valence-electron chi connectivity index (χ3n) is 8.50. The lowest BCUT2D eigenvalue weighted by atomic mass is 9.66. The van der Waals surface area contributed by atoms with Crippen LogP contribution in [0.1, 0.15) is 86.6 Å². The monoisotopic (exact) mass is 597 g/mol. The van der Waals surface area contributed by atoms with E-state index in [-0.39, 0.29) is 17.4 Å². The molecule has 4 atom stereocenters. The number of ether oxygens (including phenoxy) is 1. The molecule has 4 unspecified atom stereocenters. The largest absolute Gasteiger partial charge is 0.370 e. The zero-order valence-corrected chi connectivity index (χ0v) is 25.0. The molecule has 6 rings (SSSR count). The predicted molar refractivity (Wildman–Crippen MR) is 156 cm³/mol. The Kier molecular flexibility index (Phi) is 7.41. The molecule has 0 saturated heterocycles. The number of hydrogen-bond donors (Lipinski definition) is 0. The summed E-state index contributed by atoms with van der Waals surface area (Å²) >= 11 is 14.6. The summed E-state index contributed by atoms with van der Waals surface area (Å²) in [5, 5.41) is 15.7. The van der Waals surface area contributed by atoms with Crippen molar-refractivity contribution >= 4 is 44.8 Å². The zero-order chi connectivity index (χ0) is 28.2. The topological polar surface area (TPSA) is 71.9 Å². The Labute approximate surface area is 247 Å². The van der Waals surface area contributed by atoms with Crippen molar-refractivity contribution in [1.29, 1.82) is 5.26 Å². The molecule has 40 heavy (non-hydrogen) atoms. The van der Waals surface area contributed by atoms with Gasteiger partial charge in [0.1, 0.15) is 17.0 Å². The summed E-state index contributed by atoms with van der Waals surface area (Å²) in [5.41, 5.74) is 2.57. The molecule has 0 amide bonds. The van der Waals surface area contributed by atoms with E-state index in [9.17, 15) is 9.65 Å². The smallest absolute Gasteiger partial charge is 0.151 e. The van der Waals surface area contributed by atoms with Gasteiger partial charge in [-0.15, -0.1) is 11.3 Å². The Morgan fingerprint density at radius 3 is 2.65 bits per heavy atom. The molecule has 9 heteroatoms. The molecule has 0 radical (unpaired) electrons. The first kappa shape index (κ1) is 27.7. The second-order valence-corrected chi connectivity index (χ2v) is 13.4. The van der Waals surface area contributed by atoms with Gasteiger partial charge in [-0.3, -0.25) is 0 Å². The summed E-state index contributed by atoms with van der Waals surface area (Å²) in [6.07, 6.45) is 4.79. The van der Waals surface area contributed by atoms with Crippen LogP contribution in [0.15, 0.2) is 34.9 Å². The van der Waals surface area contributed by atoms with E-state index in [1.165, 1.54) is 17.4 Å². The van der Waals surface area contributed by atoms with Gasteiger partial charge in [0.05, 0.1) is 43.6 Å². The van der Waals surface area contributed by atoms with Crippen molar-refractivity contribution in [2.75, 3.05) is 0 Å². The number of halogens is 3. The van der Waals surface area contributed by atoms with Crippen LogP contribution in [0.25, 0.3) is 21.5 Å². The van der Waals surface area contributed by atoms with Crippen molar-refractivity contribution in [1.82, 2.24) is 10.1 Å². The van der Waals surface area contributed by atoms with E-state index >= 15 is 0 Å². The normalized spacial score (nSPS) is 24.9. The molecule has 0 N–H and O–H groups in total. The molecule has 2 aliphatic carbocycles. The number of hydrogen-bond acceptors (Lipinski definition) is 6.